The standard InChI is InChI=1S/C13H23N3OS/c1-4-11(8-13(14)15-17)16(10(2)3)9-12-6-5-7-18-12/h5-7,10-11,17H,4,8-9H2,1-3H3,(H2,14,15). The Morgan fingerprint density at radius 2 is 2.28 bits per heavy atom. The number of nitrogens with two attached hydrogens (primary N) is 1. The van der Waals surface area contributed by atoms with Crippen molar-refractivity contribution < 1.29 is 5.21 Å². The number of nitrogens with zero attached hydrogens (tertiary/aromatic N) is 2. The van der Waals surface area contributed by atoms with Crippen LogP contribution in [-0.4, -0.2) is 28.0 Å². The van der Waals surface area contributed by atoms with E-state index in [0.29, 0.717) is 24.3 Å². The minimum absolute atomic E-state index is 0.304. The van der Waals surface area contributed by atoms with Crippen LogP contribution in [-0.2, 0) is 6.54 Å². The number of hydrogen-bond donors (Lipinski definition) is 2. The second-order valence-electron chi connectivity index (χ2n) is 4.70. The molecule has 1 rings (SSSR count). The summed E-state index contributed by atoms with van der Waals surface area (Å²) in [4.78, 5) is 3.76. The minimum Gasteiger partial charge on any atom is -0.409 e. The van der Waals surface area contributed by atoms with Gasteiger partial charge in [0, 0.05) is 29.9 Å². The minimum atomic E-state index is 0.304. The second kappa shape index (κ2) is 7.38. The maximum absolute atomic E-state index is 8.70. The third-order valence-corrected chi connectivity index (χ3v) is 3.96. The molecule has 1 aromatic rings. The molecule has 18 heavy (non-hydrogen) atoms. The van der Waals surface area contributed by atoms with Crippen molar-refractivity contribution in [1.29, 1.82) is 0 Å². The maximum Gasteiger partial charge on any atom is 0.140 e. The van der Waals surface area contributed by atoms with Crippen LogP contribution < -0.4 is 5.73 Å². The highest BCUT2D eigenvalue weighted by Gasteiger charge is 2.21. The lowest BCUT2D eigenvalue weighted by Crippen LogP contribution is -2.41. The van der Waals surface area contributed by atoms with E-state index in [0.717, 1.165) is 13.0 Å². The molecule has 1 heterocycles. The van der Waals surface area contributed by atoms with Crippen LogP contribution in [0.5, 0.6) is 0 Å². The summed E-state index contributed by atoms with van der Waals surface area (Å²) in [6.07, 6.45) is 1.59. The van der Waals surface area contributed by atoms with E-state index in [1.54, 1.807) is 11.3 Å². The Morgan fingerprint density at radius 3 is 2.72 bits per heavy atom. The van der Waals surface area contributed by atoms with E-state index < -0.39 is 0 Å². The molecular weight excluding hydrogens is 246 g/mol. The Labute approximate surface area is 113 Å². The van der Waals surface area contributed by atoms with Gasteiger partial charge in [0.1, 0.15) is 5.84 Å². The predicted molar refractivity (Wildman–Crippen MR) is 77.1 cm³/mol. The molecule has 0 spiro atoms. The smallest absolute Gasteiger partial charge is 0.140 e. The Balaban J connectivity index is 2.75. The van der Waals surface area contributed by atoms with Crippen LogP contribution in [0.4, 0.5) is 0 Å². The molecule has 4 nitrogen and oxygen atoms in total. The topological polar surface area (TPSA) is 61.9 Å². The van der Waals surface area contributed by atoms with Gasteiger partial charge in [0.2, 0.25) is 0 Å². The Hall–Kier alpha value is -1.07. The molecule has 0 saturated heterocycles. The zero-order valence-electron chi connectivity index (χ0n) is 11.3. The van der Waals surface area contributed by atoms with Crippen LogP contribution in [0.25, 0.3) is 0 Å². The molecule has 0 aliphatic carbocycles. The van der Waals surface area contributed by atoms with Gasteiger partial charge in [-0.15, -0.1) is 11.3 Å². The quantitative estimate of drug-likeness (QED) is 0.346. The van der Waals surface area contributed by atoms with Crippen molar-refractivity contribution >= 4 is 17.2 Å². The van der Waals surface area contributed by atoms with Crippen molar-refractivity contribution in [3.63, 3.8) is 0 Å². The van der Waals surface area contributed by atoms with Gasteiger partial charge in [-0.05, 0) is 31.7 Å². The monoisotopic (exact) mass is 269 g/mol. The molecule has 5 heteroatoms. The first-order valence-electron chi connectivity index (χ1n) is 6.33. The van der Waals surface area contributed by atoms with Crippen molar-refractivity contribution in [3.05, 3.63) is 22.4 Å². The van der Waals surface area contributed by atoms with Crippen LogP contribution in [0.1, 0.15) is 38.5 Å². The largest absolute Gasteiger partial charge is 0.409 e. The maximum atomic E-state index is 8.70. The van der Waals surface area contributed by atoms with Crippen LogP contribution >= 0.6 is 11.3 Å². The summed E-state index contributed by atoms with van der Waals surface area (Å²) >= 11 is 1.77. The van der Waals surface area contributed by atoms with E-state index in [9.17, 15) is 0 Å². The Bertz CT molecular complexity index is 362. The lowest BCUT2D eigenvalue weighted by Gasteiger charge is -2.34. The summed E-state index contributed by atoms with van der Waals surface area (Å²) in [6, 6.07) is 4.96. The van der Waals surface area contributed by atoms with Gasteiger partial charge in [-0.1, -0.05) is 18.1 Å². The molecule has 3 N–H and O–H groups in total. The Kier molecular flexibility index (Phi) is 6.15. The summed E-state index contributed by atoms with van der Waals surface area (Å²) in [6.45, 7) is 7.43. The van der Waals surface area contributed by atoms with Gasteiger partial charge in [0.05, 0.1) is 0 Å². The summed E-state index contributed by atoms with van der Waals surface area (Å²) < 4.78 is 0. The summed E-state index contributed by atoms with van der Waals surface area (Å²) in [5, 5.41) is 13.9. The highest BCUT2D eigenvalue weighted by atomic mass is 32.1. The molecule has 1 aromatic heterocycles. The summed E-state index contributed by atoms with van der Waals surface area (Å²) in [5.41, 5.74) is 5.64. The van der Waals surface area contributed by atoms with Crippen molar-refractivity contribution in [1.82, 2.24) is 4.90 Å². The molecule has 0 amide bonds. The molecule has 0 aliphatic rings. The molecule has 0 fully saturated rings. The number of oxime groups is 1. The lowest BCUT2D eigenvalue weighted by molar-refractivity contribution is 0.143. The molecule has 102 valence electrons. The van der Waals surface area contributed by atoms with Gasteiger partial charge in [0.25, 0.3) is 0 Å². The van der Waals surface area contributed by atoms with Gasteiger partial charge in [-0.25, -0.2) is 0 Å². The summed E-state index contributed by atoms with van der Waals surface area (Å²) in [7, 11) is 0. The fourth-order valence-electron chi connectivity index (χ4n) is 2.09. The first-order chi connectivity index (χ1) is 8.58. The summed E-state index contributed by atoms with van der Waals surface area (Å²) in [5.74, 6) is 0.304. The zero-order chi connectivity index (χ0) is 13.5. The number of thiophene rings is 1. The molecular formula is C13H23N3OS. The Morgan fingerprint density at radius 1 is 1.56 bits per heavy atom. The van der Waals surface area contributed by atoms with Crippen LogP contribution in [0.3, 0.4) is 0 Å². The molecule has 0 aliphatic heterocycles. The second-order valence-corrected chi connectivity index (χ2v) is 5.74. The SMILES string of the molecule is CCC(C/C(N)=N/O)N(Cc1cccs1)C(C)C. The third-order valence-electron chi connectivity index (χ3n) is 3.10. The van der Waals surface area contributed by atoms with E-state index in [4.69, 9.17) is 10.9 Å². The number of hydrogen-bond acceptors (Lipinski definition) is 4. The normalized spacial score (nSPS) is 14.4. The van der Waals surface area contributed by atoms with Crippen LogP contribution in [0.2, 0.25) is 0 Å². The van der Waals surface area contributed by atoms with Gasteiger partial charge in [0.15, 0.2) is 0 Å². The highest BCUT2D eigenvalue weighted by Crippen LogP contribution is 2.19. The van der Waals surface area contributed by atoms with E-state index in [2.05, 4.69) is 48.3 Å². The molecule has 0 bridgehead atoms. The van der Waals surface area contributed by atoms with Crippen molar-refractivity contribution in [2.24, 2.45) is 10.9 Å². The van der Waals surface area contributed by atoms with Gasteiger partial charge >= 0.3 is 0 Å². The van der Waals surface area contributed by atoms with Crippen molar-refractivity contribution in [2.45, 2.75) is 52.2 Å². The third kappa shape index (κ3) is 4.31. The van der Waals surface area contributed by atoms with E-state index in [-0.39, 0.29) is 0 Å². The average Bonchev–Trinajstić information content (AvgIpc) is 2.85. The van der Waals surface area contributed by atoms with E-state index >= 15 is 0 Å². The van der Waals surface area contributed by atoms with Gasteiger partial charge < -0.3 is 10.9 Å². The van der Waals surface area contributed by atoms with Crippen molar-refractivity contribution in [2.75, 3.05) is 0 Å². The molecule has 0 saturated carbocycles. The first kappa shape index (κ1) is 15.0. The molecule has 0 radical (unpaired) electrons. The molecule has 1 atom stereocenters. The van der Waals surface area contributed by atoms with E-state index in [1.165, 1.54) is 4.88 Å². The number of amidine groups is 1. The van der Waals surface area contributed by atoms with Gasteiger partial charge in [-0.2, -0.15) is 0 Å². The first-order valence-corrected chi connectivity index (χ1v) is 7.21. The molecule has 1 unspecified atom stereocenters. The highest BCUT2D eigenvalue weighted by molar-refractivity contribution is 7.09. The van der Waals surface area contributed by atoms with Crippen LogP contribution in [0, 0.1) is 0 Å². The lowest BCUT2D eigenvalue weighted by atomic mass is 10.1. The average molecular weight is 269 g/mol. The fourth-order valence-corrected chi connectivity index (χ4v) is 2.81. The fraction of sp³-hybridized carbons (Fsp3) is 0.615. The van der Waals surface area contributed by atoms with Crippen molar-refractivity contribution in [3.8, 4) is 0 Å². The molecule has 0 aromatic carbocycles. The van der Waals surface area contributed by atoms with Gasteiger partial charge in [-0.3, -0.25) is 4.90 Å². The predicted octanol–water partition coefficient (Wildman–Crippen LogP) is 2.87. The van der Waals surface area contributed by atoms with Crippen LogP contribution in [0.15, 0.2) is 22.7 Å². The van der Waals surface area contributed by atoms with E-state index in [1.807, 2.05) is 0 Å². The number of rotatable bonds is 7. The zero-order valence-corrected chi connectivity index (χ0v) is 12.2.